The van der Waals surface area contributed by atoms with Crippen LogP contribution in [0.3, 0.4) is 0 Å². The fourth-order valence-electron chi connectivity index (χ4n) is 3.41. The van der Waals surface area contributed by atoms with Gasteiger partial charge in [-0.15, -0.1) is 5.10 Å². The summed E-state index contributed by atoms with van der Waals surface area (Å²) in [4.78, 5) is 0. The molecular formula is C26H18F3N3O. The monoisotopic (exact) mass is 445 g/mol. The van der Waals surface area contributed by atoms with Gasteiger partial charge in [0.2, 0.25) is 5.88 Å². The van der Waals surface area contributed by atoms with Crippen molar-refractivity contribution in [3.8, 4) is 28.8 Å². The largest absolute Gasteiger partial charge is 0.437 e. The van der Waals surface area contributed by atoms with Gasteiger partial charge in [0.25, 0.3) is 0 Å². The second-order valence-corrected chi connectivity index (χ2v) is 7.47. The number of aryl methyl sites for hydroxylation is 1. The molecule has 164 valence electrons. The molecule has 0 unspecified atom stereocenters. The van der Waals surface area contributed by atoms with Gasteiger partial charge >= 0.3 is 6.18 Å². The number of rotatable bonds is 5. The topological polar surface area (TPSA) is 58.8 Å². The molecule has 0 bridgehead atoms. The molecule has 0 amide bonds. The number of nitriles is 1. The molecule has 4 aromatic rings. The minimum Gasteiger partial charge on any atom is -0.437 e. The highest BCUT2D eigenvalue weighted by molar-refractivity contribution is 5.69. The number of alkyl halides is 3. The van der Waals surface area contributed by atoms with E-state index in [9.17, 15) is 18.4 Å². The molecule has 0 atom stereocenters. The molecule has 0 saturated heterocycles. The van der Waals surface area contributed by atoms with Gasteiger partial charge in [-0.05, 0) is 66.4 Å². The zero-order chi connectivity index (χ0) is 23.4. The van der Waals surface area contributed by atoms with Crippen molar-refractivity contribution in [1.29, 1.82) is 5.26 Å². The Morgan fingerprint density at radius 3 is 2.39 bits per heavy atom. The molecule has 0 aliphatic rings. The van der Waals surface area contributed by atoms with Crippen molar-refractivity contribution >= 4 is 0 Å². The third kappa shape index (κ3) is 5.18. The molecule has 0 N–H and O–H groups in total. The Balaban J connectivity index is 1.60. The summed E-state index contributed by atoms with van der Waals surface area (Å²) in [7, 11) is 0. The molecule has 4 nitrogen and oxygen atoms in total. The van der Waals surface area contributed by atoms with Gasteiger partial charge in [-0.1, -0.05) is 42.5 Å². The van der Waals surface area contributed by atoms with Crippen molar-refractivity contribution in [3.63, 3.8) is 0 Å². The molecule has 0 aliphatic carbocycles. The second-order valence-electron chi connectivity index (χ2n) is 7.47. The number of nitrogens with zero attached hydrogens (tertiary/aromatic N) is 3. The second kappa shape index (κ2) is 9.13. The van der Waals surface area contributed by atoms with Crippen LogP contribution in [-0.2, 0) is 12.6 Å². The van der Waals surface area contributed by atoms with E-state index in [1.54, 1.807) is 37.3 Å². The fraction of sp³-hybridized carbons (Fsp3) is 0.115. The van der Waals surface area contributed by atoms with Crippen LogP contribution in [0.5, 0.6) is 11.6 Å². The van der Waals surface area contributed by atoms with Gasteiger partial charge in [0.15, 0.2) is 0 Å². The lowest BCUT2D eigenvalue weighted by Gasteiger charge is -2.13. The smallest absolute Gasteiger partial charge is 0.416 e. The van der Waals surface area contributed by atoms with Gasteiger partial charge in [-0.2, -0.15) is 23.5 Å². The highest BCUT2D eigenvalue weighted by Gasteiger charge is 2.30. The average molecular weight is 445 g/mol. The number of benzene rings is 3. The predicted octanol–water partition coefficient (Wildman–Crippen LogP) is 6.73. The van der Waals surface area contributed by atoms with Crippen LogP contribution in [0.25, 0.3) is 11.1 Å². The van der Waals surface area contributed by atoms with Gasteiger partial charge in [0, 0.05) is 5.56 Å². The fourth-order valence-corrected chi connectivity index (χ4v) is 3.41. The standard InChI is InChI=1S/C26H18F3N3O/c1-17-13-24(20-7-4-8-22(15-20)26(27,28)29)25(32-31-17)33-23-11-9-18(10-12-23)14-19-5-2-3-6-21(19)16-30/h2-13,15H,14H2,1H3. The zero-order valence-corrected chi connectivity index (χ0v) is 17.6. The van der Waals surface area contributed by atoms with E-state index in [-0.39, 0.29) is 5.88 Å². The summed E-state index contributed by atoms with van der Waals surface area (Å²) < 4.78 is 45.4. The van der Waals surface area contributed by atoms with Crippen molar-refractivity contribution in [2.24, 2.45) is 0 Å². The Kier molecular flexibility index (Phi) is 6.09. The van der Waals surface area contributed by atoms with Crippen molar-refractivity contribution in [2.75, 3.05) is 0 Å². The molecule has 33 heavy (non-hydrogen) atoms. The summed E-state index contributed by atoms with van der Waals surface area (Å²) in [5.41, 5.74) is 3.09. The molecule has 3 aromatic carbocycles. The normalized spacial score (nSPS) is 11.1. The lowest BCUT2D eigenvalue weighted by molar-refractivity contribution is -0.137. The van der Waals surface area contributed by atoms with Gasteiger partial charge in [0.1, 0.15) is 5.75 Å². The van der Waals surface area contributed by atoms with E-state index in [2.05, 4.69) is 16.3 Å². The SMILES string of the molecule is Cc1cc(-c2cccc(C(F)(F)F)c2)c(Oc2ccc(Cc3ccccc3C#N)cc2)nn1. The molecule has 0 spiro atoms. The molecule has 1 aromatic heterocycles. The Morgan fingerprint density at radius 2 is 1.67 bits per heavy atom. The van der Waals surface area contributed by atoms with E-state index in [0.29, 0.717) is 34.6 Å². The molecule has 0 aliphatic heterocycles. The molecule has 1 heterocycles. The predicted molar refractivity (Wildman–Crippen MR) is 118 cm³/mol. The van der Waals surface area contributed by atoms with E-state index in [1.807, 2.05) is 30.3 Å². The van der Waals surface area contributed by atoms with Crippen LogP contribution >= 0.6 is 0 Å². The van der Waals surface area contributed by atoms with Crippen LogP contribution in [0.1, 0.15) is 27.9 Å². The Bertz CT molecular complexity index is 1330. The summed E-state index contributed by atoms with van der Waals surface area (Å²) in [5.74, 6) is 0.584. The first-order chi connectivity index (χ1) is 15.8. The van der Waals surface area contributed by atoms with Crippen LogP contribution in [-0.4, -0.2) is 10.2 Å². The van der Waals surface area contributed by atoms with Gasteiger partial charge in [-0.3, -0.25) is 0 Å². The molecule has 0 fully saturated rings. The van der Waals surface area contributed by atoms with Crippen LogP contribution in [0.15, 0.2) is 78.9 Å². The molecule has 0 saturated carbocycles. The third-order valence-electron chi connectivity index (χ3n) is 5.05. The maximum Gasteiger partial charge on any atom is 0.416 e. The van der Waals surface area contributed by atoms with Crippen LogP contribution in [0.4, 0.5) is 13.2 Å². The first-order valence-corrected chi connectivity index (χ1v) is 10.1. The third-order valence-corrected chi connectivity index (χ3v) is 5.05. The number of hydrogen-bond donors (Lipinski definition) is 0. The zero-order valence-electron chi connectivity index (χ0n) is 17.6. The van der Waals surface area contributed by atoms with Gasteiger partial charge < -0.3 is 4.74 Å². The molecule has 0 radical (unpaired) electrons. The number of ether oxygens (including phenoxy) is 1. The summed E-state index contributed by atoms with van der Waals surface area (Å²) in [6.45, 7) is 1.71. The van der Waals surface area contributed by atoms with Crippen molar-refractivity contribution < 1.29 is 17.9 Å². The van der Waals surface area contributed by atoms with Crippen LogP contribution in [0, 0.1) is 18.3 Å². The van der Waals surface area contributed by atoms with E-state index in [4.69, 9.17) is 4.74 Å². The molecular weight excluding hydrogens is 427 g/mol. The summed E-state index contributed by atoms with van der Waals surface area (Å²) in [6, 6.07) is 23.5. The minimum atomic E-state index is -4.45. The quantitative estimate of drug-likeness (QED) is 0.342. The highest BCUT2D eigenvalue weighted by atomic mass is 19.4. The lowest BCUT2D eigenvalue weighted by atomic mass is 10.0. The Hall–Kier alpha value is -4.18. The van der Waals surface area contributed by atoms with Crippen LogP contribution < -0.4 is 4.74 Å². The molecule has 4 rings (SSSR count). The highest BCUT2D eigenvalue weighted by Crippen LogP contribution is 2.36. The van der Waals surface area contributed by atoms with Crippen molar-refractivity contribution in [3.05, 3.63) is 107 Å². The Morgan fingerprint density at radius 1 is 0.909 bits per heavy atom. The summed E-state index contributed by atoms with van der Waals surface area (Å²) >= 11 is 0. The lowest BCUT2D eigenvalue weighted by Crippen LogP contribution is -2.05. The maximum atomic E-state index is 13.2. The van der Waals surface area contributed by atoms with E-state index < -0.39 is 11.7 Å². The summed E-state index contributed by atoms with van der Waals surface area (Å²) in [6.07, 6.45) is -3.86. The van der Waals surface area contributed by atoms with Crippen molar-refractivity contribution in [2.45, 2.75) is 19.5 Å². The number of halogens is 3. The van der Waals surface area contributed by atoms with E-state index in [1.165, 1.54) is 6.07 Å². The summed E-state index contributed by atoms with van der Waals surface area (Å²) in [5, 5.41) is 17.3. The first kappa shape index (κ1) is 22.0. The van der Waals surface area contributed by atoms with E-state index >= 15 is 0 Å². The van der Waals surface area contributed by atoms with Gasteiger partial charge in [0.05, 0.1) is 22.9 Å². The first-order valence-electron chi connectivity index (χ1n) is 10.1. The maximum absolute atomic E-state index is 13.2. The molecule has 7 heteroatoms. The van der Waals surface area contributed by atoms with Crippen LogP contribution in [0.2, 0.25) is 0 Å². The van der Waals surface area contributed by atoms with Gasteiger partial charge in [-0.25, -0.2) is 0 Å². The van der Waals surface area contributed by atoms with Crippen molar-refractivity contribution in [1.82, 2.24) is 10.2 Å². The van der Waals surface area contributed by atoms with E-state index in [0.717, 1.165) is 23.3 Å². The Labute approximate surface area is 188 Å². The number of hydrogen-bond acceptors (Lipinski definition) is 4. The number of aromatic nitrogens is 2. The average Bonchev–Trinajstić information content (AvgIpc) is 2.81. The minimum absolute atomic E-state index is 0.113.